The summed E-state index contributed by atoms with van der Waals surface area (Å²) >= 11 is 0. The smallest absolute Gasteiger partial charge is 0.122 e. The fourth-order valence-electron chi connectivity index (χ4n) is 1.56. The SMILES string of the molecule is COCCN[C@H](C)COc1cccc(C)c1C. The first kappa shape index (κ1) is 14.0. The van der Waals surface area contributed by atoms with Crippen LogP contribution in [0.1, 0.15) is 18.1 Å². The Hall–Kier alpha value is -1.06. The van der Waals surface area contributed by atoms with Crippen LogP contribution in [0.25, 0.3) is 0 Å². The molecular formula is C14H23NO2. The van der Waals surface area contributed by atoms with Crippen molar-refractivity contribution in [1.82, 2.24) is 5.32 Å². The molecule has 1 aromatic rings. The lowest BCUT2D eigenvalue weighted by Crippen LogP contribution is -2.34. The van der Waals surface area contributed by atoms with Gasteiger partial charge in [0.15, 0.2) is 0 Å². The molecule has 0 aliphatic heterocycles. The van der Waals surface area contributed by atoms with Gasteiger partial charge in [-0.2, -0.15) is 0 Å². The summed E-state index contributed by atoms with van der Waals surface area (Å²) in [6.07, 6.45) is 0. The maximum atomic E-state index is 5.81. The molecule has 3 nitrogen and oxygen atoms in total. The number of benzene rings is 1. The van der Waals surface area contributed by atoms with Crippen molar-refractivity contribution in [2.24, 2.45) is 0 Å². The van der Waals surface area contributed by atoms with Gasteiger partial charge < -0.3 is 14.8 Å². The zero-order valence-corrected chi connectivity index (χ0v) is 11.2. The van der Waals surface area contributed by atoms with Crippen molar-refractivity contribution in [2.45, 2.75) is 26.8 Å². The summed E-state index contributed by atoms with van der Waals surface area (Å²) in [5, 5.41) is 3.34. The van der Waals surface area contributed by atoms with E-state index in [9.17, 15) is 0 Å². The molecule has 0 spiro atoms. The minimum absolute atomic E-state index is 0.324. The second-order valence-corrected chi connectivity index (χ2v) is 4.36. The summed E-state index contributed by atoms with van der Waals surface area (Å²) < 4.78 is 10.8. The van der Waals surface area contributed by atoms with Crippen molar-refractivity contribution in [1.29, 1.82) is 0 Å². The Labute approximate surface area is 104 Å². The summed E-state index contributed by atoms with van der Waals surface area (Å²) in [6.45, 7) is 8.56. The molecule has 17 heavy (non-hydrogen) atoms. The molecule has 1 atom stereocenters. The fourth-order valence-corrected chi connectivity index (χ4v) is 1.56. The van der Waals surface area contributed by atoms with Crippen LogP contribution in [0.3, 0.4) is 0 Å². The van der Waals surface area contributed by atoms with Gasteiger partial charge >= 0.3 is 0 Å². The Morgan fingerprint density at radius 3 is 2.76 bits per heavy atom. The number of rotatable bonds is 7. The van der Waals surface area contributed by atoms with E-state index in [-0.39, 0.29) is 0 Å². The highest BCUT2D eigenvalue weighted by atomic mass is 16.5. The molecule has 0 aliphatic carbocycles. The van der Waals surface area contributed by atoms with Crippen molar-refractivity contribution in [3.8, 4) is 5.75 Å². The van der Waals surface area contributed by atoms with Crippen LogP contribution in [0.2, 0.25) is 0 Å². The molecule has 0 amide bonds. The molecule has 1 N–H and O–H groups in total. The summed E-state index contributed by atoms with van der Waals surface area (Å²) in [5.41, 5.74) is 2.49. The fraction of sp³-hybridized carbons (Fsp3) is 0.571. The molecule has 0 heterocycles. The number of aryl methyl sites for hydroxylation is 1. The topological polar surface area (TPSA) is 30.5 Å². The van der Waals surface area contributed by atoms with Gasteiger partial charge in [-0.1, -0.05) is 12.1 Å². The lowest BCUT2D eigenvalue weighted by Gasteiger charge is -2.16. The maximum absolute atomic E-state index is 5.81. The van der Waals surface area contributed by atoms with Crippen LogP contribution >= 0.6 is 0 Å². The van der Waals surface area contributed by atoms with E-state index in [4.69, 9.17) is 9.47 Å². The minimum atomic E-state index is 0.324. The molecule has 0 bridgehead atoms. The lowest BCUT2D eigenvalue weighted by atomic mass is 10.1. The molecule has 0 fully saturated rings. The number of hydrogen-bond donors (Lipinski definition) is 1. The van der Waals surface area contributed by atoms with Gasteiger partial charge in [-0.3, -0.25) is 0 Å². The summed E-state index contributed by atoms with van der Waals surface area (Å²) in [4.78, 5) is 0. The Morgan fingerprint density at radius 2 is 2.06 bits per heavy atom. The molecule has 0 saturated carbocycles. The Balaban J connectivity index is 2.37. The van der Waals surface area contributed by atoms with Crippen LogP contribution in [0.15, 0.2) is 18.2 Å². The summed E-state index contributed by atoms with van der Waals surface area (Å²) in [6, 6.07) is 6.47. The van der Waals surface area contributed by atoms with Crippen LogP contribution in [-0.2, 0) is 4.74 Å². The van der Waals surface area contributed by atoms with Gasteiger partial charge in [-0.05, 0) is 38.0 Å². The van der Waals surface area contributed by atoms with Crippen molar-refractivity contribution < 1.29 is 9.47 Å². The van der Waals surface area contributed by atoms with E-state index in [0.717, 1.165) is 18.9 Å². The van der Waals surface area contributed by atoms with Crippen LogP contribution in [0, 0.1) is 13.8 Å². The van der Waals surface area contributed by atoms with Crippen molar-refractivity contribution in [3.63, 3.8) is 0 Å². The molecule has 0 unspecified atom stereocenters. The molecule has 0 aliphatic rings. The van der Waals surface area contributed by atoms with Gasteiger partial charge in [-0.15, -0.1) is 0 Å². The third-order valence-corrected chi connectivity index (χ3v) is 2.84. The highest BCUT2D eigenvalue weighted by Crippen LogP contribution is 2.20. The Bertz CT molecular complexity index is 339. The largest absolute Gasteiger partial charge is 0.492 e. The first-order valence-electron chi connectivity index (χ1n) is 6.06. The van der Waals surface area contributed by atoms with Gasteiger partial charge in [0.05, 0.1) is 6.61 Å². The predicted molar refractivity (Wildman–Crippen MR) is 70.8 cm³/mol. The molecule has 0 aromatic heterocycles. The average Bonchev–Trinajstić information content (AvgIpc) is 2.31. The average molecular weight is 237 g/mol. The van der Waals surface area contributed by atoms with Crippen LogP contribution in [0.4, 0.5) is 0 Å². The van der Waals surface area contributed by atoms with Crippen LogP contribution < -0.4 is 10.1 Å². The number of methoxy groups -OCH3 is 1. The van der Waals surface area contributed by atoms with Crippen LogP contribution in [-0.4, -0.2) is 32.9 Å². The van der Waals surface area contributed by atoms with Gasteiger partial charge in [-0.25, -0.2) is 0 Å². The highest BCUT2D eigenvalue weighted by Gasteiger charge is 2.05. The molecule has 0 saturated heterocycles. The normalized spacial score (nSPS) is 12.5. The standard InChI is InChI=1S/C14H23NO2/c1-11-6-5-7-14(13(11)3)17-10-12(2)15-8-9-16-4/h5-7,12,15H,8-10H2,1-4H3/t12-/m1/s1. The highest BCUT2D eigenvalue weighted by molar-refractivity contribution is 5.38. The third-order valence-electron chi connectivity index (χ3n) is 2.84. The van der Waals surface area contributed by atoms with E-state index in [1.807, 2.05) is 12.1 Å². The number of ether oxygens (including phenoxy) is 2. The first-order chi connectivity index (χ1) is 8.15. The minimum Gasteiger partial charge on any atom is -0.492 e. The van der Waals surface area contributed by atoms with Crippen molar-refractivity contribution >= 4 is 0 Å². The van der Waals surface area contributed by atoms with E-state index < -0.39 is 0 Å². The summed E-state index contributed by atoms with van der Waals surface area (Å²) in [7, 11) is 1.71. The van der Waals surface area contributed by atoms with E-state index in [1.54, 1.807) is 7.11 Å². The molecule has 1 rings (SSSR count). The van der Waals surface area contributed by atoms with Crippen molar-refractivity contribution in [2.75, 3.05) is 26.9 Å². The first-order valence-corrected chi connectivity index (χ1v) is 6.06. The Morgan fingerprint density at radius 1 is 1.29 bits per heavy atom. The predicted octanol–water partition coefficient (Wildman–Crippen LogP) is 2.31. The van der Waals surface area contributed by atoms with E-state index in [2.05, 4.69) is 32.2 Å². The zero-order valence-electron chi connectivity index (χ0n) is 11.2. The monoisotopic (exact) mass is 237 g/mol. The van der Waals surface area contributed by atoms with E-state index in [0.29, 0.717) is 12.6 Å². The molecular weight excluding hydrogens is 214 g/mol. The Kier molecular flexibility index (Phi) is 6.01. The van der Waals surface area contributed by atoms with Gasteiger partial charge in [0.1, 0.15) is 12.4 Å². The van der Waals surface area contributed by atoms with Gasteiger partial charge in [0.2, 0.25) is 0 Å². The molecule has 3 heteroatoms. The second kappa shape index (κ2) is 7.30. The van der Waals surface area contributed by atoms with E-state index in [1.165, 1.54) is 11.1 Å². The quantitative estimate of drug-likeness (QED) is 0.738. The molecule has 96 valence electrons. The maximum Gasteiger partial charge on any atom is 0.122 e. The van der Waals surface area contributed by atoms with Crippen LogP contribution in [0.5, 0.6) is 5.75 Å². The van der Waals surface area contributed by atoms with Gasteiger partial charge in [0, 0.05) is 19.7 Å². The van der Waals surface area contributed by atoms with Gasteiger partial charge in [0.25, 0.3) is 0 Å². The summed E-state index contributed by atoms with van der Waals surface area (Å²) in [5.74, 6) is 0.977. The van der Waals surface area contributed by atoms with Crippen molar-refractivity contribution in [3.05, 3.63) is 29.3 Å². The third kappa shape index (κ3) is 4.75. The zero-order chi connectivity index (χ0) is 12.7. The number of hydrogen-bond acceptors (Lipinski definition) is 3. The number of nitrogens with one attached hydrogen (secondary N) is 1. The molecule has 1 aromatic carbocycles. The van der Waals surface area contributed by atoms with E-state index >= 15 is 0 Å². The molecule has 0 radical (unpaired) electrons. The second-order valence-electron chi connectivity index (χ2n) is 4.36. The lowest BCUT2D eigenvalue weighted by molar-refractivity contribution is 0.189.